The molecule has 3 aliphatic heterocycles. The molecule has 2 aromatic rings. The molecule has 0 aromatic heterocycles. The molecular formula is C27H30ClN3O4S. The van der Waals surface area contributed by atoms with E-state index in [9.17, 15) is 19.5 Å². The molecule has 5 rings (SSSR count). The van der Waals surface area contributed by atoms with Crippen LogP contribution < -0.4 is 10.6 Å². The van der Waals surface area contributed by atoms with E-state index in [0.29, 0.717) is 17.3 Å². The first kappa shape index (κ1) is 25.1. The van der Waals surface area contributed by atoms with E-state index in [1.54, 1.807) is 43.0 Å². The van der Waals surface area contributed by atoms with Gasteiger partial charge in [-0.1, -0.05) is 48.9 Å². The molecule has 3 aliphatic rings. The van der Waals surface area contributed by atoms with E-state index < -0.39 is 28.7 Å². The molecule has 2 bridgehead atoms. The number of rotatable bonds is 7. The van der Waals surface area contributed by atoms with Crippen LogP contribution in [0.1, 0.15) is 25.8 Å². The van der Waals surface area contributed by atoms with Crippen molar-refractivity contribution >= 4 is 46.8 Å². The highest BCUT2D eigenvalue weighted by atomic mass is 35.5. The molecule has 3 unspecified atom stereocenters. The number of amides is 3. The second kappa shape index (κ2) is 9.72. The Labute approximate surface area is 220 Å². The lowest BCUT2D eigenvalue weighted by molar-refractivity contribution is -0.141. The molecule has 3 N–H and O–H groups in total. The molecule has 190 valence electrons. The Balaban J connectivity index is 1.46. The second-order valence-corrected chi connectivity index (χ2v) is 12.0. The van der Waals surface area contributed by atoms with Crippen LogP contribution in [0.3, 0.4) is 0 Å². The number of aliphatic hydroxyl groups is 1. The quantitative estimate of drug-likeness (QED) is 0.513. The zero-order chi connectivity index (χ0) is 25.6. The first-order chi connectivity index (χ1) is 17.3. The normalized spacial score (nSPS) is 31.3. The summed E-state index contributed by atoms with van der Waals surface area (Å²) in [6.45, 7) is 3.92. The smallest absolute Gasteiger partial charge is 0.248 e. The molecule has 3 amide bonds. The van der Waals surface area contributed by atoms with Gasteiger partial charge >= 0.3 is 0 Å². The second-order valence-electron chi connectivity index (χ2n) is 10.0. The number of thioether (sulfide) groups is 1. The van der Waals surface area contributed by atoms with Crippen molar-refractivity contribution in [1.82, 2.24) is 10.2 Å². The number of aliphatic hydroxyl groups excluding tert-OH is 1. The molecule has 0 radical (unpaired) electrons. The predicted octanol–water partition coefficient (Wildman–Crippen LogP) is 3.31. The number of benzene rings is 2. The third kappa shape index (κ3) is 3.99. The van der Waals surface area contributed by atoms with Gasteiger partial charge in [0.25, 0.3) is 0 Å². The number of nitrogens with zero attached hydrogens (tertiary/aromatic N) is 1. The lowest BCUT2D eigenvalue weighted by Gasteiger charge is -2.39. The third-order valence-electron chi connectivity index (χ3n) is 7.89. The van der Waals surface area contributed by atoms with Crippen molar-refractivity contribution in [2.24, 2.45) is 17.8 Å². The van der Waals surface area contributed by atoms with E-state index >= 15 is 0 Å². The van der Waals surface area contributed by atoms with E-state index in [1.807, 2.05) is 30.3 Å². The highest BCUT2D eigenvalue weighted by molar-refractivity contribution is 8.02. The summed E-state index contributed by atoms with van der Waals surface area (Å²) >= 11 is 7.61. The number of carbonyl (C=O) groups is 3. The van der Waals surface area contributed by atoms with Gasteiger partial charge in [-0.25, -0.2) is 0 Å². The van der Waals surface area contributed by atoms with Crippen molar-refractivity contribution in [2.75, 3.05) is 11.9 Å². The topological polar surface area (TPSA) is 98.7 Å². The van der Waals surface area contributed by atoms with E-state index in [-0.39, 0.29) is 35.5 Å². The van der Waals surface area contributed by atoms with Crippen LogP contribution in [0.15, 0.2) is 54.6 Å². The van der Waals surface area contributed by atoms with Gasteiger partial charge in [0, 0.05) is 22.5 Å². The summed E-state index contributed by atoms with van der Waals surface area (Å²) in [6.07, 6.45) is 0.754. The number of hydrogen-bond donors (Lipinski definition) is 3. The summed E-state index contributed by atoms with van der Waals surface area (Å²) in [6, 6.07) is 15.1. The van der Waals surface area contributed by atoms with Gasteiger partial charge in [-0.2, -0.15) is 0 Å². The molecule has 0 aliphatic carbocycles. The van der Waals surface area contributed by atoms with Crippen LogP contribution >= 0.6 is 23.4 Å². The fourth-order valence-corrected chi connectivity index (χ4v) is 8.80. The fraction of sp³-hybridized carbons (Fsp3) is 0.444. The zero-order valence-corrected chi connectivity index (χ0v) is 21.8. The Morgan fingerprint density at radius 2 is 1.86 bits per heavy atom. The van der Waals surface area contributed by atoms with E-state index in [0.717, 1.165) is 12.0 Å². The zero-order valence-electron chi connectivity index (χ0n) is 20.2. The maximum atomic E-state index is 13.9. The van der Waals surface area contributed by atoms with Gasteiger partial charge < -0.3 is 20.6 Å². The predicted molar refractivity (Wildman–Crippen MR) is 140 cm³/mol. The summed E-state index contributed by atoms with van der Waals surface area (Å²) < 4.78 is -0.740. The minimum atomic E-state index is -0.801. The third-order valence-corrected chi connectivity index (χ3v) is 10.2. The van der Waals surface area contributed by atoms with Crippen LogP contribution in [-0.2, 0) is 20.9 Å². The average Bonchev–Trinajstić information content (AvgIpc) is 3.47. The van der Waals surface area contributed by atoms with Crippen molar-refractivity contribution in [3.8, 4) is 0 Å². The van der Waals surface area contributed by atoms with Crippen LogP contribution in [-0.4, -0.2) is 56.4 Å². The van der Waals surface area contributed by atoms with E-state index in [1.165, 1.54) is 4.90 Å². The number of nitrogens with one attached hydrogen (secondary N) is 2. The summed E-state index contributed by atoms with van der Waals surface area (Å²) in [4.78, 5) is 42.8. The molecule has 1 spiro atoms. The molecule has 3 fully saturated rings. The number of anilines is 1. The molecule has 0 saturated carbocycles. The van der Waals surface area contributed by atoms with Gasteiger partial charge in [-0.05, 0) is 49.1 Å². The monoisotopic (exact) mass is 527 g/mol. The van der Waals surface area contributed by atoms with Crippen molar-refractivity contribution in [1.29, 1.82) is 0 Å². The van der Waals surface area contributed by atoms with Crippen LogP contribution in [0.25, 0.3) is 0 Å². The van der Waals surface area contributed by atoms with Gasteiger partial charge in [0.05, 0.1) is 29.2 Å². The molecule has 36 heavy (non-hydrogen) atoms. The highest BCUT2D eigenvalue weighted by Gasteiger charge is 2.76. The number of hydrogen-bond acceptors (Lipinski definition) is 5. The SMILES string of the molecule is CC1C[C@@H]2SC13C(C(=O)Nc1ccc(Cl)cc1)N([C@H](C)CO)C(=O)[C@@H]3[C@@H]2C(=O)NCc1ccccc1. The number of likely N-dealkylation sites (tertiary alicyclic amines) is 1. The molecule has 7 atom stereocenters. The molecule has 3 heterocycles. The van der Waals surface area contributed by atoms with Crippen molar-refractivity contribution in [3.05, 3.63) is 65.2 Å². The molecule has 7 nitrogen and oxygen atoms in total. The summed E-state index contributed by atoms with van der Waals surface area (Å²) in [5.74, 6) is -1.78. The molecular weight excluding hydrogens is 498 g/mol. The maximum Gasteiger partial charge on any atom is 0.248 e. The molecule has 3 saturated heterocycles. The van der Waals surface area contributed by atoms with E-state index in [4.69, 9.17) is 11.6 Å². The maximum absolute atomic E-state index is 13.9. The Bertz CT molecular complexity index is 1160. The minimum absolute atomic E-state index is 0.0397. The van der Waals surface area contributed by atoms with Crippen molar-refractivity contribution < 1.29 is 19.5 Å². The summed E-state index contributed by atoms with van der Waals surface area (Å²) in [5, 5.41) is 16.5. The summed E-state index contributed by atoms with van der Waals surface area (Å²) in [7, 11) is 0. The van der Waals surface area contributed by atoms with E-state index in [2.05, 4.69) is 17.6 Å². The first-order valence-electron chi connectivity index (χ1n) is 12.3. The van der Waals surface area contributed by atoms with Crippen LogP contribution in [0.4, 0.5) is 5.69 Å². The Kier molecular flexibility index (Phi) is 6.78. The number of halogens is 1. The van der Waals surface area contributed by atoms with Gasteiger partial charge in [-0.15, -0.1) is 11.8 Å². The fourth-order valence-electron chi connectivity index (χ4n) is 6.27. The molecule has 9 heteroatoms. The summed E-state index contributed by atoms with van der Waals surface area (Å²) in [5.41, 5.74) is 1.56. The number of fused-ring (bicyclic) bond motifs is 1. The Hall–Kier alpha value is -2.55. The van der Waals surface area contributed by atoms with Gasteiger partial charge in [0.2, 0.25) is 17.7 Å². The van der Waals surface area contributed by atoms with Crippen LogP contribution in [0.2, 0.25) is 5.02 Å². The average molecular weight is 528 g/mol. The number of carbonyl (C=O) groups excluding carboxylic acids is 3. The first-order valence-corrected chi connectivity index (χ1v) is 13.5. The Morgan fingerprint density at radius 1 is 1.17 bits per heavy atom. The lowest BCUT2D eigenvalue weighted by atomic mass is 9.66. The largest absolute Gasteiger partial charge is 0.394 e. The Morgan fingerprint density at radius 3 is 2.53 bits per heavy atom. The van der Waals surface area contributed by atoms with Gasteiger partial charge in [0.15, 0.2) is 0 Å². The van der Waals surface area contributed by atoms with Crippen molar-refractivity contribution in [3.63, 3.8) is 0 Å². The van der Waals surface area contributed by atoms with Crippen LogP contribution in [0, 0.1) is 17.8 Å². The lowest BCUT2D eigenvalue weighted by Crippen LogP contribution is -2.56. The van der Waals surface area contributed by atoms with Gasteiger partial charge in [0.1, 0.15) is 6.04 Å². The van der Waals surface area contributed by atoms with Crippen molar-refractivity contribution in [2.45, 2.75) is 48.9 Å². The molecule has 2 aromatic carbocycles. The standard InChI is InChI=1S/C27H30ClN3O4S/c1-15-12-20-21(24(33)29-13-17-6-4-3-5-7-17)22-26(35)31(16(2)14-32)23(27(15,22)36-20)25(34)30-19-10-8-18(28)9-11-19/h3-11,15-16,20-23,32H,12-14H2,1-2H3,(H,29,33)(H,30,34)/t15?,16-,20+,21-,22+,23?,27?/m1/s1. The highest BCUT2D eigenvalue weighted by Crippen LogP contribution is 2.68. The van der Waals surface area contributed by atoms with Crippen LogP contribution in [0.5, 0.6) is 0 Å². The minimum Gasteiger partial charge on any atom is -0.394 e. The van der Waals surface area contributed by atoms with Gasteiger partial charge in [-0.3, -0.25) is 14.4 Å².